The molecule has 0 bridgehead atoms. The molecule has 26 heavy (non-hydrogen) atoms. The summed E-state index contributed by atoms with van der Waals surface area (Å²) in [5.74, 6) is -0.278. The molecule has 2 aromatic carbocycles. The minimum Gasteiger partial charge on any atom is -0.469 e. The maximum Gasteiger partial charge on any atom is 0.305 e. The first-order chi connectivity index (χ1) is 12.4. The van der Waals surface area contributed by atoms with Crippen molar-refractivity contribution in [1.29, 1.82) is 0 Å². The van der Waals surface area contributed by atoms with E-state index < -0.39 is 10.0 Å². The van der Waals surface area contributed by atoms with E-state index in [0.29, 0.717) is 17.1 Å². The van der Waals surface area contributed by atoms with Crippen molar-refractivity contribution >= 4 is 44.2 Å². The maximum atomic E-state index is 12.5. The van der Waals surface area contributed by atoms with Crippen molar-refractivity contribution in [3.8, 4) is 0 Å². The molecule has 0 aliphatic carbocycles. The number of esters is 1. The number of carbonyl (C=O) groups excluding carboxylic acids is 1. The van der Waals surface area contributed by atoms with E-state index in [-0.39, 0.29) is 17.3 Å². The molecular formula is C18H17ClN2O4S. The van der Waals surface area contributed by atoms with Crippen LogP contribution in [-0.4, -0.2) is 26.5 Å². The van der Waals surface area contributed by atoms with Gasteiger partial charge in [0, 0.05) is 27.3 Å². The maximum absolute atomic E-state index is 12.5. The summed E-state index contributed by atoms with van der Waals surface area (Å²) in [6.07, 6.45) is 0.798. The van der Waals surface area contributed by atoms with Gasteiger partial charge in [0.2, 0.25) is 0 Å². The topological polar surface area (TPSA) is 88.3 Å². The predicted octanol–water partition coefficient (Wildman–Crippen LogP) is 3.73. The Morgan fingerprint density at radius 1 is 1.15 bits per heavy atom. The van der Waals surface area contributed by atoms with Crippen LogP contribution in [-0.2, 0) is 26.0 Å². The van der Waals surface area contributed by atoms with Crippen molar-refractivity contribution in [2.45, 2.75) is 17.7 Å². The van der Waals surface area contributed by atoms with E-state index in [1.165, 1.54) is 31.4 Å². The molecule has 3 aromatic rings. The molecule has 1 aromatic heterocycles. The number of ether oxygens (including phenoxy) is 1. The molecule has 6 nitrogen and oxygen atoms in total. The van der Waals surface area contributed by atoms with Crippen LogP contribution < -0.4 is 4.72 Å². The Kier molecular flexibility index (Phi) is 5.20. The van der Waals surface area contributed by atoms with E-state index in [0.717, 1.165) is 16.6 Å². The number of aromatic amines is 1. The molecular weight excluding hydrogens is 376 g/mol. The van der Waals surface area contributed by atoms with Gasteiger partial charge in [-0.15, -0.1) is 0 Å². The molecule has 8 heteroatoms. The minimum absolute atomic E-state index is 0.134. The third-order valence-corrected chi connectivity index (χ3v) is 5.53. The molecule has 0 unspecified atom stereocenters. The van der Waals surface area contributed by atoms with Gasteiger partial charge in [0.15, 0.2) is 0 Å². The number of halogens is 1. The number of carbonyl (C=O) groups is 1. The lowest BCUT2D eigenvalue weighted by Crippen LogP contribution is -2.12. The largest absolute Gasteiger partial charge is 0.469 e. The third-order valence-electron chi connectivity index (χ3n) is 3.88. The van der Waals surface area contributed by atoms with E-state index in [4.69, 9.17) is 11.6 Å². The van der Waals surface area contributed by atoms with Crippen LogP contribution in [0.4, 0.5) is 5.69 Å². The molecule has 1 heterocycles. The van der Waals surface area contributed by atoms with Gasteiger partial charge in [-0.05, 0) is 55.0 Å². The fraction of sp³-hybridized carbons (Fsp3) is 0.167. The molecule has 0 saturated heterocycles. The second-order valence-corrected chi connectivity index (χ2v) is 7.85. The summed E-state index contributed by atoms with van der Waals surface area (Å²) >= 11 is 5.80. The van der Waals surface area contributed by atoms with Crippen LogP contribution in [0.25, 0.3) is 10.9 Å². The quantitative estimate of drug-likeness (QED) is 0.625. The number of hydrogen-bond acceptors (Lipinski definition) is 4. The molecule has 136 valence electrons. The van der Waals surface area contributed by atoms with Gasteiger partial charge >= 0.3 is 5.97 Å². The number of aromatic nitrogens is 1. The molecule has 0 fully saturated rings. The average Bonchev–Trinajstić information content (AvgIpc) is 3.01. The monoisotopic (exact) mass is 392 g/mol. The highest BCUT2D eigenvalue weighted by Gasteiger charge is 2.14. The fourth-order valence-corrected chi connectivity index (χ4v) is 3.73. The Hall–Kier alpha value is -2.51. The number of methoxy groups -OCH3 is 1. The van der Waals surface area contributed by atoms with Crippen molar-refractivity contribution in [1.82, 2.24) is 4.98 Å². The molecule has 0 saturated carbocycles. The smallest absolute Gasteiger partial charge is 0.305 e. The molecule has 0 aliphatic heterocycles. The summed E-state index contributed by atoms with van der Waals surface area (Å²) in [6.45, 7) is 0. The van der Waals surface area contributed by atoms with Crippen LogP contribution in [0.1, 0.15) is 12.1 Å². The highest BCUT2D eigenvalue weighted by atomic mass is 35.5. The standard InChI is InChI=1S/C18H17ClN2O4S/c1-25-18(22)9-5-14-10-12-11-15(4-8-17(12)20-14)21-26(23,24)16-6-2-13(19)3-7-16/h2-4,6-8,10-11,20-21H,5,9H2,1H3. The van der Waals surface area contributed by atoms with Crippen LogP contribution in [0.15, 0.2) is 53.4 Å². The zero-order valence-corrected chi connectivity index (χ0v) is 15.5. The lowest BCUT2D eigenvalue weighted by atomic mass is 10.2. The second-order valence-electron chi connectivity index (χ2n) is 5.73. The number of rotatable bonds is 6. The molecule has 0 amide bonds. The molecule has 0 spiro atoms. The highest BCUT2D eigenvalue weighted by molar-refractivity contribution is 7.92. The summed E-state index contributed by atoms with van der Waals surface area (Å²) < 4.78 is 32.1. The summed E-state index contributed by atoms with van der Waals surface area (Å²) in [4.78, 5) is 14.6. The zero-order chi connectivity index (χ0) is 18.7. The lowest BCUT2D eigenvalue weighted by Gasteiger charge is -2.08. The summed E-state index contributed by atoms with van der Waals surface area (Å²) in [5, 5.41) is 1.32. The Morgan fingerprint density at radius 2 is 1.88 bits per heavy atom. The summed E-state index contributed by atoms with van der Waals surface area (Å²) in [7, 11) is -2.34. The van der Waals surface area contributed by atoms with Gasteiger partial charge in [-0.25, -0.2) is 8.42 Å². The van der Waals surface area contributed by atoms with Gasteiger partial charge in [0.25, 0.3) is 10.0 Å². The average molecular weight is 393 g/mol. The number of nitrogens with one attached hydrogen (secondary N) is 2. The number of hydrogen-bond donors (Lipinski definition) is 2. The first-order valence-electron chi connectivity index (χ1n) is 7.84. The van der Waals surface area contributed by atoms with Crippen LogP contribution >= 0.6 is 11.6 Å². The molecule has 0 aliphatic rings. The predicted molar refractivity (Wildman–Crippen MR) is 101 cm³/mol. The van der Waals surface area contributed by atoms with Crippen molar-refractivity contribution < 1.29 is 17.9 Å². The number of benzene rings is 2. The number of aryl methyl sites for hydroxylation is 1. The van der Waals surface area contributed by atoms with Gasteiger partial charge in [0.1, 0.15) is 0 Å². The van der Waals surface area contributed by atoms with Gasteiger partial charge in [-0.3, -0.25) is 9.52 Å². The number of anilines is 1. The first-order valence-corrected chi connectivity index (χ1v) is 9.70. The Labute approximate surface area is 156 Å². The van der Waals surface area contributed by atoms with E-state index in [1.807, 2.05) is 6.07 Å². The van der Waals surface area contributed by atoms with Crippen LogP contribution in [0, 0.1) is 0 Å². The van der Waals surface area contributed by atoms with Crippen molar-refractivity contribution in [3.05, 3.63) is 59.2 Å². The Morgan fingerprint density at radius 3 is 2.58 bits per heavy atom. The normalized spacial score (nSPS) is 11.5. The summed E-state index contributed by atoms with van der Waals surface area (Å²) in [6, 6.07) is 13.0. The lowest BCUT2D eigenvalue weighted by molar-refractivity contribution is -0.140. The van der Waals surface area contributed by atoms with Gasteiger partial charge in [-0.2, -0.15) is 0 Å². The Bertz CT molecular complexity index is 1040. The fourth-order valence-electron chi connectivity index (χ4n) is 2.56. The van der Waals surface area contributed by atoms with Crippen molar-refractivity contribution in [3.63, 3.8) is 0 Å². The van der Waals surface area contributed by atoms with E-state index in [1.54, 1.807) is 18.2 Å². The van der Waals surface area contributed by atoms with E-state index in [9.17, 15) is 13.2 Å². The van der Waals surface area contributed by atoms with Crippen molar-refractivity contribution in [2.75, 3.05) is 11.8 Å². The van der Waals surface area contributed by atoms with Gasteiger partial charge in [0.05, 0.1) is 18.4 Å². The third kappa shape index (κ3) is 4.17. The molecule has 2 N–H and O–H groups in total. The van der Waals surface area contributed by atoms with Crippen molar-refractivity contribution in [2.24, 2.45) is 0 Å². The van der Waals surface area contributed by atoms with Crippen LogP contribution in [0.2, 0.25) is 5.02 Å². The van der Waals surface area contributed by atoms with E-state index in [2.05, 4.69) is 14.4 Å². The number of fused-ring (bicyclic) bond motifs is 1. The molecule has 0 radical (unpaired) electrons. The molecule has 0 atom stereocenters. The number of H-pyrrole nitrogens is 1. The van der Waals surface area contributed by atoms with Gasteiger partial charge < -0.3 is 9.72 Å². The Balaban J connectivity index is 1.80. The molecule has 3 rings (SSSR count). The first kappa shape index (κ1) is 18.3. The van der Waals surface area contributed by atoms with Gasteiger partial charge in [-0.1, -0.05) is 11.6 Å². The summed E-state index contributed by atoms with van der Waals surface area (Å²) in [5.41, 5.74) is 2.19. The SMILES string of the molecule is COC(=O)CCc1cc2cc(NS(=O)(=O)c3ccc(Cl)cc3)ccc2[nH]1. The second kappa shape index (κ2) is 7.39. The van der Waals surface area contributed by atoms with Crippen LogP contribution in [0.3, 0.4) is 0 Å². The number of sulfonamides is 1. The minimum atomic E-state index is -3.70. The van der Waals surface area contributed by atoms with E-state index >= 15 is 0 Å². The zero-order valence-electron chi connectivity index (χ0n) is 14.0. The van der Waals surface area contributed by atoms with Crippen LogP contribution in [0.5, 0.6) is 0 Å². The highest BCUT2D eigenvalue weighted by Crippen LogP contribution is 2.23.